The lowest BCUT2D eigenvalue weighted by Gasteiger charge is -2.12. The second kappa shape index (κ2) is 7.92. The molecule has 0 bridgehead atoms. The van der Waals surface area contributed by atoms with Crippen LogP contribution in [0.25, 0.3) is 0 Å². The Balaban J connectivity index is 2.38. The maximum atomic E-state index is 12.1. The molecule has 0 aliphatic heterocycles. The van der Waals surface area contributed by atoms with E-state index in [2.05, 4.69) is 24.1 Å². The average molecular weight is 340 g/mol. The minimum Gasteiger partial charge on any atom is -0.507 e. The first-order chi connectivity index (χ1) is 11.8. The fourth-order valence-corrected chi connectivity index (χ4v) is 2.60. The minimum absolute atomic E-state index is 0.103. The maximum Gasteiger partial charge on any atom is 0.342 e. The highest BCUT2D eigenvalue weighted by Gasteiger charge is 2.20. The number of aryl methyl sites for hydroxylation is 1. The first kappa shape index (κ1) is 18.6. The number of phenols is 1. The van der Waals surface area contributed by atoms with Crippen LogP contribution >= 0.6 is 0 Å². The van der Waals surface area contributed by atoms with Gasteiger partial charge in [0.15, 0.2) is 0 Å². The summed E-state index contributed by atoms with van der Waals surface area (Å²) < 4.78 is 5.01. The molecule has 0 fully saturated rings. The molecule has 5 nitrogen and oxygen atoms in total. The molecule has 0 atom stereocenters. The Bertz CT molecular complexity index is 794. The zero-order chi connectivity index (χ0) is 18.6. The van der Waals surface area contributed by atoms with Crippen LogP contribution in [-0.4, -0.2) is 17.7 Å². The van der Waals surface area contributed by atoms with E-state index in [4.69, 9.17) is 4.74 Å². The zero-order valence-electron chi connectivity index (χ0n) is 15.3. The number of aromatic hydroxyl groups is 1. The van der Waals surface area contributed by atoms with Gasteiger partial charge in [-0.3, -0.25) is 0 Å². The molecule has 2 aromatic rings. The molecule has 0 spiro atoms. The van der Waals surface area contributed by atoms with Crippen LogP contribution in [0, 0.1) is 13.8 Å². The lowest BCUT2D eigenvalue weighted by molar-refractivity contribution is 0.0522. The van der Waals surface area contributed by atoms with Gasteiger partial charge in [0.05, 0.1) is 18.0 Å². The van der Waals surface area contributed by atoms with E-state index >= 15 is 0 Å². The van der Waals surface area contributed by atoms with Gasteiger partial charge in [0.2, 0.25) is 0 Å². The Hall–Kier alpha value is -2.69. The van der Waals surface area contributed by atoms with Gasteiger partial charge < -0.3 is 9.84 Å². The molecule has 2 aromatic carbocycles. The topological polar surface area (TPSA) is 71.2 Å². The van der Waals surface area contributed by atoms with Crippen LogP contribution in [0.4, 0.5) is 11.4 Å². The van der Waals surface area contributed by atoms with Crippen molar-refractivity contribution in [2.24, 2.45) is 10.2 Å². The molecule has 0 radical (unpaired) electrons. The molecule has 25 heavy (non-hydrogen) atoms. The predicted octanol–water partition coefficient (Wildman–Crippen LogP) is 5.72. The van der Waals surface area contributed by atoms with Crippen molar-refractivity contribution < 1.29 is 14.6 Å². The van der Waals surface area contributed by atoms with E-state index in [1.807, 2.05) is 31.2 Å². The lowest BCUT2D eigenvalue weighted by Crippen LogP contribution is -2.07. The Labute approximate surface area is 148 Å². The number of phenolic OH excluding ortho intramolecular Hbond substituents is 1. The predicted molar refractivity (Wildman–Crippen MR) is 98.2 cm³/mol. The number of hydrogen-bond donors (Lipinski definition) is 1. The van der Waals surface area contributed by atoms with Crippen LogP contribution in [-0.2, 0) is 4.74 Å². The normalized spacial score (nSPS) is 11.3. The number of benzene rings is 2. The summed E-state index contributed by atoms with van der Waals surface area (Å²) in [7, 11) is 0. The van der Waals surface area contributed by atoms with Gasteiger partial charge in [-0.05, 0) is 61.6 Å². The fraction of sp³-hybridized carbons (Fsp3) is 0.350. The maximum absolute atomic E-state index is 12.1. The number of carbonyl (C=O) groups is 1. The van der Waals surface area contributed by atoms with E-state index in [0.717, 1.165) is 11.3 Å². The molecule has 1 N–H and O–H groups in total. The Morgan fingerprint density at radius 1 is 1.16 bits per heavy atom. The standard InChI is InChI=1S/C20H24N2O3/c1-6-25-20(24)18-14(5)19(13(4)11-17(18)23)22-21-16-9-7-15(8-10-16)12(2)3/h7-12,23H,6H2,1-5H3. The van der Waals surface area contributed by atoms with Crippen LogP contribution in [0.3, 0.4) is 0 Å². The molecule has 0 aromatic heterocycles. The lowest BCUT2D eigenvalue weighted by atomic mass is 10.0. The summed E-state index contributed by atoms with van der Waals surface area (Å²) in [6.45, 7) is 9.78. The summed E-state index contributed by atoms with van der Waals surface area (Å²) in [4.78, 5) is 12.1. The molecule has 0 saturated carbocycles. The van der Waals surface area contributed by atoms with Crippen LogP contribution in [0.15, 0.2) is 40.6 Å². The van der Waals surface area contributed by atoms with Crippen molar-refractivity contribution in [1.29, 1.82) is 0 Å². The quantitative estimate of drug-likeness (QED) is 0.558. The number of esters is 1. The van der Waals surface area contributed by atoms with Crippen LogP contribution in [0.5, 0.6) is 5.75 Å². The monoisotopic (exact) mass is 340 g/mol. The molecule has 2 rings (SSSR count). The van der Waals surface area contributed by atoms with Crippen molar-refractivity contribution in [3.8, 4) is 5.75 Å². The van der Waals surface area contributed by atoms with E-state index in [-0.39, 0.29) is 17.9 Å². The van der Waals surface area contributed by atoms with Crippen molar-refractivity contribution in [1.82, 2.24) is 0 Å². The summed E-state index contributed by atoms with van der Waals surface area (Å²) in [5.74, 6) is -0.205. The summed E-state index contributed by atoms with van der Waals surface area (Å²) in [5.41, 5.74) is 3.96. The third-order valence-electron chi connectivity index (χ3n) is 4.02. The van der Waals surface area contributed by atoms with Gasteiger partial charge in [-0.2, -0.15) is 5.11 Å². The molecule has 0 heterocycles. The number of azo groups is 1. The van der Waals surface area contributed by atoms with Crippen LogP contribution in [0.2, 0.25) is 0 Å². The third-order valence-corrected chi connectivity index (χ3v) is 4.02. The molecular formula is C20H24N2O3. The number of rotatable bonds is 5. The molecule has 5 heteroatoms. The molecule has 0 saturated heterocycles. The second-order valence-corrected chi connectivity index (χ2v) is 6.23. The fourth-order valence-electron chi connectivity index (χ4n) is 2.60. The highest BCUT2D eigenvalue weighted by molar-refractivity contribution is 5.96. The third kappa shape index (κ3) is 4.24. The Morgan fingerprint density at radius 2 is 1.80 bits per heavy atom. The molecule has 0 amide bonds. The van der Waals surface area contributed by atoms with E-state index in [9.17, 15) is 9.90 Å². The van der Waals surface area contributed by atoms with E-state index in [1.54, 1.807) is 13.8 Å². The minimum atomic E-state index is -0.560. The summed E-state index contributed by atoms with van der Waals surface area (Å²) in [6, 6.07) is 9.39. The number of ether oxygens (including phenoxy) is 1. The summed E-state index contributed by atoms with van der Waals surface area (Å²) >= 11 is 0. The first-order valence-electron chi connectivity index (χ1n) is 8.37. The Kier molecular flexibility index (Phi) is 5.91. The molecule has 0 aliphatic rings. The van der Waals surface area contributed by atoms with Gasteiger partial charge in [-0.15, -0.1) is 5.11 Å². The largest absolute Gasteiger partial charge is 0.507 e. The Morgan fingerprint density at radius 3 is 2.36 bits per heavy atom. The van der Waals surface area contributed by atoms with Crippen molar-refractivity contribution in [3.05, 3.63) is 52.6 Å². The molecule has 0 unspecified atom stereocenters. The van der Waals surface area contributed by atoms with E-state index in [0.29, 0.717) is 17.2 Å². The van der Waals surface area contributed by atoms with E-state index < -0.39 is 5.97 Å². The first-order valence-corrected chi connectivity index (χ1v) is 8.37. The smallest absolute Gasteiger partial charge is 0.342 e. The highest BCUT2D eigenvalue weighted by atomic mass is 16.5. The SMILES string of the molecule is CCOC(=O)c1c(O)cc(C)c(N=Nc2ccc(C(C)C)cc2)c1C. The van der Waals surface area contributed by atoms with Gasteiger partial charge in [0.1, 0.15) is 11.3 Å². The van der Waals surface area contributed by atoms with Crippen molar-refractivity contribution >= 4 is 17.3 Å². The second-order valence-electron chi connectivity index (χ2n) is 6.23. The van der Waals surface area contributed by atoms with Crippen molar-refractivity contribution in [2.75, 3.05) is 6.61 Å². The zero-order valence-corrected chi connectivity index (χ0v) is 15.3. The van der Waals surface area contributed by atoms with Crippen molar-refractivity contribution in [3.63, 3.8) is 0 Å². The number of nitrogens with zero attached hydrogens (tertiary/aromatic N) is 2. The van der Waals surface area contributed by atoms with Gasteiger partial charge in [0.25, 0.3) is 0 Å². The number of hydrogen-bond acceptors (Lipinski definition) is 5. The highest BCUT2D eigenvalue weighted by Crippen LogP contribution is 2.34. The van der Waals surface area contributed by atoms with Gasteiger partial charge >= 0.3 is 5.97 Å². The van der Waals surface area contributed by atoms with Crippen LogP contribution in [0.1, 0.15) is 53.7 Å². The van der Waals surface area contributed by atoms with Gasteiger partial charge in [-0.1, -0.05) is 26.0 Å². The summed E-state index contributed by atoms with van der Waals surface area (Å²) in [5, 5.41) is 18.7. The average Bonchev–Trinajstić information content (AvgIpc) is 2.55. The molecular weight excluding hydrogens is 316 g/mol. The van der Waals surface area contributed by atoms with Crippen molar-refractivity contribution in [2.45, 2.75) is 40.5 Å². The van der Waals surface area contributed by atoms with E-state index in [1.165, 1.54) is 11.6 Å². The molecule has 132 valence electrons. The number of carbonyl (C=O) groups excluding carboxylic acids is 1. The van der Waals surface area contributed by atoms with Gasteiger partial charge in [0, 0.05) is 0 Å². The van der Waals surface area contributed by atoms with Gasteiger partial charge in [-0.25, -0.2) is 4.79 Å². The molecule has 0 aliphatic carbocycles. The summed E-state index contributed by atoms with van der Waals surface area (Å²) in [6.07, 6.45) is 0. The van der Waals surface area contributed by atoms with Crippen LogP contribution < -0.4 is 0 Å².